The zero-order chi connectivity index (χ0) is 20.0. The van der Waals surface area contributed by atoms with E-state index in [1.54, 1.807) is 25.6 Å². The van der Waals surface area contributed by atoms with Gasteiger partial charge in [-0.15, -0.1) is 11.3 Å². The van der Waals surface area contributed by atoms with Gasteiger partial charge in [0.25, 0.3) is 0 Å². The van der Waals surface area contributed by atoms with E-state index in [1.165, 1.54) is 4.88 Å². The number of hydrogen-bond donors (Lipinski definition) is 0. The van der Waals surface area contributed by atoms with Crippen molar-refractivity contribution in [1.82, 2.24) is 5.01 Å². The zero-order valence-electron chi connectivity index (χ0n) is 16.0. The molecule has 148 valence electrons. The summed E-state index contributed by atoms with van der Waals surface area (Å²) < 4.78 is 18.6. The van der Waals surface area contributed by atoms with Crippen molar-refractivity contribution in [3.8, 4) is 17.2 Å². The summed E-state index contributed by atoms with van der Waals surface area (Å²) in [5.74, 6) is 2.18. The van der Waals surface area contributed by atoms with Gasteiger partial charge in [-0.05, 0) is 29.6 Å². The molecule has 3 aromatic rings. The van der Waals surface area contributed by atoms with Crippen LogP contribution >= 0.6 is 27.3 Å². The van der Waals surface area contributed by atoms with E-state index < -0.39 is 6.23 Å². The Morgan fingerprint density at radius 2 is 1.97 bits per heavy atom. The number of benzene rings is 2. The summed E-state index contributed by atoms with van der Waals surface area (Å²) in [4.78, 5) is 1.19. The van der Waals surface area contributed by atoms with Crippen LogP contribution in [0.5, 0.6) is 17.2 Å². The molecule has 0 unspecified atom stereocenters. The van der Waals surface area contributed by atoms with Crippen LogP contribution in [0.2, 0.25) is 0 Å². The van der Waals surface area contributed by atoms with E-state index in [2.05, 4.69) is 44.5 Å². The Morgan fingerprint density at radius 3 is 2.72 bits per heavy atom. The molecule has 0 radical (unpaired) electrons. The minimum Gasteiger partial charge on any atom is -0.493 e. The van der Waals surface area contributed by atoms with Crippen molar-refractivity contribution in [2.45, 2.75) is 18.7 Å². The fourth-order valence-corrected chi connectivity index (χ4v) is 5.15. The highest BCUT2D eigenvalue weighted by Gasteiger charge is 2.42. The van der Waals surface area contributed by atoms with E-state index in [9.17, 15) is 0 Å². The number of hydrogen-bond acceptors (Lipinski definition) is 6. The van der Waals surface area contributed by atoms with E-state index in [-0.39, 0.29) is 6.04 Å². The summed E-state index contributed by atoms with van der Waals surface area (Å²) in [6, 6.07) is 16.4. The van der Waals surface area contributed by atoms with Crippen LogP contribution in [-0.2, 0) is 0 Å². The summed E-state index contributed by atoms with van der Waals surface area (Å²) in [6.45, 7) is 0. The molecule has 7 heteroatoms. The quantitative estimate of drug-likeness (QED) is 0.485. The SMILES string of the molecule is COc1cc(Br)cc([C@H]2Oc3ccccc3[C@H]3CC(c4cccs4)=NN32)c1OC. The Hall–Kier alpha value is -2.51. The third kappa shape index (κ3) is 3.09. The number of rotatable bonds is 4. The maximum absolute atomic E-state index is 6.46. The van der Waals surface area contributed by atoms with Gasteiger partial charge in [-0.3, -0.25) is 0 Å². The normalized spacial score (nSPS) is 19.8. The predicted octanol–water partition coefficient (Wildman–Crippen LogP) is 5.77. The molecule has 0 amide bonds. The smallest absolute Gasteiger partial charge is 0.217 e. The molecule has 0 N–H and O–H groups in total. The highest BCUT2D eigenvalue weighted by Crippen LogP contribution is 2.50. The molecule has 2 aliphatic heterocycles. The molecule has 2 atom stereocenters. The zero-order valence-corrected chi connectivity index (χ0v) is 18.4. The molecule has 2 aromatic carbocycles. The van der Waals surface area contributed by atoms with Gasteiger partial charge in [0.1, 0.15) is 5.75 Å². The van der Waals surface area contributed by atoms with E-state index in [1.807, 2.05) is 30.3 Å². The Morgan fingerprint density at radius 1 is 1.10 bits per heavy atom. The number of nitrogens with zero attached hydrogens (tertiary/aromatic N) is 2. The van der Waals surface area contributed by atoms with Gasteiger partial charge in [0, 0.05) is 16.5 Å². The monoisotopic (exact) mass is 470 g/mol. The lowest BCUT2D eigenvalue weighted by Gasteiger charge is -2.38. The largest absolute Gasteiger partial charge is 0.493 e. The first kappa shape index (κ1) is 18.5. The van der Waals surface area contributed by atoms with Gasteiger partial charge < -0.3 is 14.2 Å². The summed E-state index contributed by atoms with van der Waals surface area (Å²) >= 11 is 5.30. The topological polar surface area (TPSA) is 43.3 Å². The Bertz CT molecular complexity index is 1080. The van der Waals surface area contributed by atoms with Crippen molar-refractivity contribution < 1.29 is 14.2 Å². The third-order valence-electron chi connectivity index (χ3n) is 5.24. The van der Waals surface area contributed by atoms with Gasteiger partial charge in [0.05, 0.1) is 36.4 Å². The fraction of sp³-hybridized carbons (Fsp3) is 0.227. The van der Waals surface area contributed by atoms with Crippen LogP contribution in [0.3, 0.4) is 0 Å². The number of halogens is 1. The number of thiophene rings is 1. The average molecular weight is 471 g/mol. The van der Waals surface area contributed by atoms with Crippen LogP contribution in [-0.4, -0.2) is 24.9 Å². The lowest BCUT2D eigenvalue weighted by atomic mass is 9.97. The molecule has 0 saturated carbocycles. The van der Waals surface area contributed by atoms with Crippen LogP contribution in [0, 0.1) is 0 Å². The van der Waals surface area contributed by atoms with Gasteiger partial charge in [-0.2, -0.15) is 5.10 Å². The minimum absolute atomic E-state index is 0.108. The molecule has 29 heavy (non-hydrogen) atoms. The van der Waals surface area contributed by atoms with Gasteiger partial charge in [-0.25, -0.2) is 5.01 Å². The predicted molar refractivity (Wildman–Crippen MR) is 117 cm³/mol. The Labute approximate surface area is 181 Å². The van der Waals surface area contributed by atoms with E-state index in [0.29, 0.717) is 11.5 Å². The van der Waals surface area contributed by atoms with Crippen LogP contribution in [0.15, 0.2) is 63.5 Å². The van der Waals surface area contributed by atoms with E-state index in [4.69, 9.17) is 19.3 Å². The van der Waals surface area contributed by atoms with Crippen molar-refractivity contribution in [1.29, 1.82) is 0 Å². The van der Waals surface area contributed by atoms with Crippen LogP contribution < -0.4 is 14.2 Å². The second-order valence-electron chi connectivity index (χ2n) is 6.86. The molecule has 1 aromatic heterocycles. The fourth-order valence-electron chi connectivity index (χ4n) is 3.97. The van der Waals surface area contributed by atoms with Gasteiger partial charge in [0.2, 0.25) is 6.23 Å². The highest BCUT2D eigenvalue weighted by atomic mass is 79.9. The molecular formula is C22H19BrN2O3S. The second-order valence-corrected chi connectivity index (χ2v) is 8.73. The highest BCUT2D eigenvalue weighted by molar-refractivity contribution is 9.10. The van der Waals surface area contributed by atoms with Crippen LogP contribution in [0.4, 0.5) is 0 Å². The Kier molecular flexibility index (Phi) is 4.72. The molecule has 0 aliphatic carbocycles. The molecule has 3 heterocycles. The van der Waals surface area contributed by atoms with E-state index in [0.717, 1.165) is 33.5 Å². The van der Waals surface area contributed by atoms with Crippen LogP contribution in [0.25, 0.3) is 0 Å². The first-order valence-electron chi connectivity index (χ1n) is 9.26. The molecule has 0 spiro atoms. The molecule has 0 saturated heterocycles. The van der Waals surface area contributed by atoms with Gasteiger partial charge in [0.15, 0.2) is 11.5 Å². The third-order valence-corrected chi connectivity index (χ3v) is 6.62. The van der Waals surface area contributed by atoms with Crippen LogP contribution in [0.1, 0.15) is 34.7 Å². The van der Waals surface area contributed by atoms with Crippen molar-refractivity contribution >= 4 is 33.0 Å². The first-order chi connectivity index (χ1) is 14.2. The number of ether oxygens (including phenoxy) is 3. The number of methoxy groups -OCH3 is 2. The molecular weight excluding hydrogens is 452 g/mol. The molecule has 5 nitrogen and oxygen atoms in total. The summed E-state index contributed by atoms with van der Waals surface area (Å²) in [5, 5.41) is 9.13. The number of fused-ring (bicyclic) bond motifs is 3. The summed E-state index contributed by atoms with van der Waals surface area (Å²) in [6.07, 6.45) is 0.416. The van der Waals surface area contributed by atoms with Crippen molar-refractivity contribution in [3.63, 3.8) is 0 Å². The molecule has 0 bridgehead atoms. The van der Waals surface area contributed by atoms with Gasteiger partial charge >= 0.3 is 0 Å². The van der Waals surface area contributed by atoms with Gasteiger partial charge in [-0.1, -0.05) is 40.2 Å². The average Bonchev–Trinajstić information content (AvgIpc) is 3.42. The maximum atomic E-state index is 6.46. The number of para-hydroxylation sites is 1. The summed E-state index contributed by atoms with van der Waals surface area (Å²) in [5.41, 5.74) is 3.10. The van der Waals surface area contributed by atoms with Crippen molar-refractivity contribution in [3.05, 3.63) is 74.4 Å². The first-order valence-corrected chi connectivity index (χ1v) is 10.9. The standard InChI is InChI=1S/C22H19BrN2O3S/c1-26-19-11-13(23)10-15(21(19)27-2)22-25-17(14-6-3-4-7-18(14)28-22)12-16(24-25)20-8-5-9-29-20/h3-11,17,22H,12H2,1-2H3/t17-,22-/m1/s1. The lowest BCUT2D eigenvalue weighted by Crippen LogP contribution is -2.34. The van der Waals surface area contributed by atoms with Crippen molar-refractivity contribution in [2.24, 2.45) is 5.10 Å². The minimum atomic E-state index is -0.422. The lowest BCUT2D eigenvalue weighted by molar-refractivity contribution is -0.0205. The Balaban J connectivity index is 1.66. The maximum Gasteiger partial charge on any atom is 0.217 e. The molecule has 0 fully saturated rings. The second kappa shape index (κ2) is 7.39. The number of hydrazone groups is 1. The van der Waals surface area contributed by atoms with E-state index >= 15 is 0 Å². The van der Waals surface area contributed by atoms with Crippen molar-refractivity contribution in [2.75, 3.05) is 14.2 Å². The molecule has 2 aliphatic rings. The molecule has 5 rings (SSSR count). The summed E-state index contributed by atoms with van der Waals surface area (Å²) in [7, 11) is 3.28.